The van der Waals surface area contributed by atoms with E-state index in [1.807, 2.05) is 76.2 Å². The lowest BCUT2D eigenvalue weighted by molar-refractivity contribution is -0.117. The molecule has 2 heterocycles. The predicted octanol–water partition coefficient (Wildman–Crippen LogP) is 9.75. The van der Waals surface area contributed by atoms with E-state index in [-0.39, 0.29) is 58.1 Å². The van der Waals surface area contributed by atoms with Crippen molar-refractivity contribution in [1.82, 2.24) is 8.61 Å². The molecule has 6 atom stereocenters. The fourth-order valence-electron chi connectivity index (χ4n) is 9.58. The molecule has 0 unspecified atom stereocenters. The highest BCUT2D eigenvalue weighted by Gasteiger charge is 2.57. The Hall–Kier alpha value is -5.52. The van der Waals surface area contributed by atoms with Gasteiger partial charge in [-0.1, -0.05) is 135 Å². The fourth-order valence-corrected chi connectivity index (χ4v) is 13.2. The first-order valence-electron chi connectivity index (χ1n) is 20.8. The average Bonchev–Trinajstić information content (AvgIpc) is 3.75. The Kier molecular flexibility index (Phi) is 12.2. The molecule has 0 radical (unpaired) electrons. The van der Waals surface area contributed by atoms with Crippen LogP contribution in [0.15, 0.2) is 157 Å². The molecule has 4 aromatic carbocycles. The zero-order valence-electron chi connectivity index (χ0n) is 35.8. The van der Waals surface area contributed by atoms with Crippen LogP contribution in [0.5, 0.6) is 0 Å². The van der Waals surface area contributed by atoms with Gasteiger partial charge in [0.25, 0.3) is 0 Å². The molecule has 0 aromatic heterocycles. The summed E-state index contributed by atoms with van der Waals surface area (Å²) >= 11 is 0. The van der Waals surface area contributed by atoms with E-state index in [2.05, 4.69) is 26.3 Å². The van der Waals surface area contributed by atoms with Crippen molar-refractivity contribution in [3.63, 3.8) is 0 Å². The molecule has 0 saturated carbocycles. The summed E-state index contributed by atoms with van der Waals surface area (Å²) in [6.45, 7) is 24.5. The Bertz CT molecular complexity index is 2540. The number of fused-ring (bicyclic) bond motifs is 2. The number of ketones is 2. The van der Waals surface area contributed by atoms with Crippen molar-refractivity contribution in [3.8, 4) is 0 Å². The topological polar surface area (TPSA) is 109 Å². The number of allylic oxidation sites excluding steroid dienone is 2. The SMILES string of the molecule is C=Cc1ccc(C(=C)[C@@H]2CN(S(=O)(=O)c3ccc(C)cc3)[C@]3(C)C=CC(=O)C[C@H]23)cc1.C=Cc1ccc(C(=C)[C@@H]2CN(S(=O)(=O)c3ccc(C)cc3)[C@]3(C)C=CC(=O)C[C@H]23)cc1. The van der Waals surface area contributed by atoms with Crippen molar-refractivity contribution in [1.29, 1.82) is 0 Å². The van der Waals surface area contributed by atoms with Gasteiger partial charge in [-0.25, -0.2) is 16.8 Å². The molecule has 8 nitrogen and oxygen atoms in total. The van der Waals surface area contributed by atoms with Crippen LogP contribution in [0, 0.1) is 37.5 Å². The first kappa shape index (κ1) is 44.5. The summed E-state index contributed by atoms with van der Waals surface area (Å²) in [6.07, 6.45) is 10.8. The molecule has 62 heavy (non-hydrogen) atoms. The third kappa shape index (κ3) is 8.13. The van der Waals surface area contributed by atoms with E-state index in [1.54, 1.807) is 81.4 Å². The normalized spacial score (nSPS) is 25.9. The van der Waals surface area contributed by atoms with Gasteiger partial charge in [-0.15, -0.1) is 0 Å². The molecule has 0 N–H and O–H groups in total. The summed E-state index contributed by atoms with van der Waals surface area (Å²) in [5.74, 6) is -0.607. The van der Waals surface area contributed by atoms with Crippen molar-refractivity contribution in [3.05, 3.63) is 181 Å². The molecule has 2 aliphatic heterocycles. The van der Waals surface area contributed by atoms with Gasteiger partial charge in [-0.3, -0.25) is 9.59 Å². The number of aryl methyl sites for hydroxylation is 2. The molecule has 0 spiro atoms. The summed E-state index contributed by atoms with van der Waals surface area (Å²) < 4.78 is 57.7. The van der Waals surface area contributed by atoms with E-state index in [1.165, 1.54) is 12.2 Å². The third-order valence-electron chi connectivity index (χ3n) is 13.5. The Labute approximate surface area is 367 Å². The number of benzene rings is 4. The van der Waals surface area contributed by atoms with Crippen molar-refractivity contribution < 1.29 is 26.4 Å². The van der Waals surface area contributed by atoms with Gasteiger partial charge < -0.3 is 0 Å². The fraction of sp³-hybridized carbons (Fsp3) is 0.269. The second-order valence-electron chi connectivity index (χ2n) is 17.3. The van der Waals surface area contributed by atoms with E-state index in [0.29, 0.717) is 12.8 Å². The summed E-state index contributed by atoms with van der Waals surface area (Å²) in [4.78, 5) is 25.1. The van der Waals surface area contributed by atoms with Crippen LogP contribution in [-0.4, -0.2) is 61.2 Å². The van der Waals surface area contributed by atoms with Crippen molar-refractivity contribution >= 4 is 54.9 Å². The summed E-state index contributed by atoms with van der Waals surface area (Å²) in [5.41, 5.74) is 6.07. The molecule has 2 aliphatic carbocycles. The average molecular weight is 867 g/mol. The van der Waals surface area contributed by atoms with Gasteiger partial charge in [0.2, 0.25) is 20.0 Å². The minimum absolute atomic E-state index is 0.0249. The lowest BCUT2D eigenvalue weighted by Gasteiger charge is -2.38. The maximum Gasteiger partial charge on any atom is 0.243 e. The molecule has 10 heteroatoms. The van der Waals surface area contributed by atoms with Crippen molar-refractivity contribution in [2.24, 2.45) is 23.7 Å². The third-order valence-corrected chi connectivity index (χ3v) is 17.5. The molecular weight excluding hydrogens is 813 g/mol. The van der Waals surface area contributed by atoms with Gasteiger partial charge >= 0.3 is 0 Å². The van der Waals surface area contributed by atoms with E-state index in [9.17, 15) is 26.4 Å². The maximum absolute atomic E-state index is 13.6. The number of hydrogen-bond donors (Lipinski definition) is 0. The molecule has 8 rings (SSSR count). The van der Waals surface area contributed by atoms with Gasteiger partial charge in [0.05, 0.1) is 20.9 Å². The lowest BCUT2D eigenvalue weighted by Crippen LogP contribution is -2.48. The van der Waals surface area contributed by atoms with Gasteiger partial charge in [0.15, 0.2) is 11.6 Å². The largest absolute Gasteiger partial charge is 0.295 e. The molecule has 0 bridgehead atoms. The predicted molar refractivity (Wildman–Crippen MR) is 250 cm³/mol. The molecule has 4 aromatic rings. The van der Waals surface area contributed by atoms with Crippen LogP contribution < -0.4 is 0 Å². The highest BCUT2D eigenvalue weighted by atomic mass is 32.2. The zero-order valence-corrected chi connectivity index (χ0v) is 37.5. The first-order valence-corrected chi connectivity index (χ1v) is 23.7. The Morgan fingerprint density at radius 3 is 1.19 bits per heavy atom. The van der Waals surface area contributed by atoms with Gasteiger partial charge in [0.1, 0.15) is 0 Å². The van der Waals surface area contributed by atoms with Gasteiger partial charge in [-0.2, -0.15) is 8.61 Å². The summed E-state index contributed by atoms with van der Waals surface area (Å²) in [5, 5.41) is 0. The number of hydrogen-bond acceptors (Lipinski definition) is 6. The number of rotatable bonds is 10. The Morgan fingerprint density at radius 1 is 0.565 bits per heavy atom. The first-order chi connectivity index (χ1) is 29.3. The Balaban J connectivity index is 0.000000186. The summed E-state index contributed by atoms with van der Waals surface area (Å²) in [6, 6.07) is 29.6. The highest BCUT2D eigenvalue weighted by Crippen LogP contribution is 2.52. The smallest absolute Gasteiger partial charge is 0.243 e. The monoisotopic (exact) mass is 866 g/mol. The second-order valence-corrected chi connectivity index (χ2v) is 21.0. The van der Waals surface area contributed by atoms with Crippen LogP contribution in [0.2, 0.25) is 0 Å². The van der Waals surface area contributed by atoms with E-state index >= 15 is 0 Å². The number of carbonyl (C=O) groups excluding carboxylic acids is 2. The van der Waals surface area contributed by atoms with Crippen LogP contribution >= 0.6 is 0 Å². The number of sulfonamides is 2. The highest BCUT2D eigenvalue weighted by molar-refractivity contribution is 7.89. The van der Waals surface area contributed by atoms with Crippen LogP contribution in [0.4, 0.5) is 0 Å². The lowest BCUT2D eigenvalue weighted by atomic mass is 9.72. The molecular formula is C52H54N2O6S2. The molecule has 320 valence electrons. The van der Waals surface area contributed by atoms with Crippen molar-refractivity contribution in [2.75, 3.05) is 13.1 Å². The summed E-state index contributed by atoms with van der Waals surface area (Å²) in [7, 11) is -7.49. The van der Waals surface area contributed by atoms with Crippen LogP contribution in [0.1, 0.15) is 60.1 Å². The van der Waals surface area contributed by atoms with E-state index < -0.39 is 31.1 Å². The second kappa shape index (κ2) is 17.0. The van der Waals surface area contributed by atoms with Crippen molar-refractivity contribution in [2.45, 2.75) is 61.4 Å². The van der Waals surface area contributed by atoms with E-state index in [0.717, 1.165) is 44.5 Å². The van der Waals surface area contributed by atoms with Gasteiger partial charge in [-0.05, 0) is 109 Å². The molecule has 2 fully saturated rings. The standard InChI is InChI=1S/2C26H27NO3S/c2*1-5-20-8-10-21(11-9-20)19(3)24-17-27(26(4)15-14-22(28)16-25(24)26)31(29,30)23-12-6-18(2)7-13-23/h2*5-15,24-25H,1,3,16-17H2,2,4H3/t2*24-,25+,26+/m00/s1. The number of nitrogens with zero attached hydrogens (tertiary/aromatic N) is 2. The van der Waals surface area contributed by atoms with Crippen LogP contribution in [0.3, 0.4) is 0 Å². The Morgan fingerprint density at radius 2 is 0.887 bits per heavy atom. The molecule has 0 amide bonds. The minimum atomic E-state index is -3.74. The van der Waals surface area contributed by atoms with E-state index in [4.69, 9.17) is 0 Å². The zero-order chi connectivity index (χ0) is 44.8. The maximum atomic E-state index is 13.6. The minimum Gasteiger partial charge on any atom is -0.295 e. The van der Waals surface area contributed by atoms with Gasteiger partial charge in [0, 0.05) is 37.8 Å². The quantitative estimate of drug-likeness (QED) is 0.157. The van der Waals surface area contributed by atoms with Crippen LogP contribution in [-0.2, 0) is 29.6 Å². The molecule has 4 aliphatic rings. The van der Waals surface area contributed by atoms with Crippen LogP contribution in [0.25, 0.3) is 23.3 Å². The molecule has 2 saturated heterocycles. The number of carbonyl (C=O) groups is 2.